The highest BCUT2D eigenvalue weighted by Crippen LogP contribution is 2.17. The van der Waals surface area contributed by atoms with Crippen molar-refractivity contribution in [1.82, 2.24) is 5.32 Å². The van der Waals surface area contributed by atoms with Crippen LogP contribution in [0.2, 0.25) is 0 Å². The molecule has 2 unspecified atom stereocenters. The molecule has 1 aromatic carbocycles. The van der Waals surface area contributed by atoms with Gasteiger partial charge in [-0.3, -0.25) is 4.79 Å². The summed E-state index contributed by atoms with van der Waals surface area (Å²) >= 11 is 0. The number of nitrogens with one attached hydrogen (secondary N) is 1. The molecule has 0 radical (unpaired) electrons. The SMILES string of the molecule is COc1ccc(C(C)=CC(=O)NCC(C)CC(C)O)cc1. The highest BCUT2D eigenvalue weighted by atomic mass is 16.5. The second kappa shape index (κ2) is 8.47. The van der Waals surface area contributed by atoms with Gasteiger partial charge < -0.3 is 15.2 Å². The third-order valence-electron chi connectivity index (χ3n) is 3.26. The molecule has 0 saturated heterocycles. The molecule has 0 spiro atoms. The monoisotopic (exact) mass is 291 g/mol. The van der Waals surface area contributed by atoms with Gasteiger partial charge in [0.1, 0.15) is 5.75 Å². The van der Waals surface area contributed by atoms with E-state index < -0.39 is 0 Å². The summed E-state index contributed by atoms with van der Waals surface area (Å²) in [5.41, 5.74) is 1.89. The van der Waals surface area contributed by atoms with Crippen LogP contribution >= 0.6 is 0 Å². The Labute approximate surface area is 126 Å². The van der Waals surface area contributed by atoms with Gasteiger partial charge in [0.05, 0.1) is 13.2 Å². The van der Waals surface area contributed by atoms with Gasteiger partial charge in [-0.15, -0.1) is 0 Å². The van der Waals surface area contributed by atoms with Crippen molar-refractivity contribution in [2.45, 2.75) is 33.3 Å². The van der Waals surface area contributed by atoms with Crippen molar-refractivity contribution in [2.24, 2.45) is 5.92 Å². The maximum Gasteiger partial charge on any atom is 0.244 e. The van der Waals surface area contributed by atoms with Gasteiger partial charge in [0.2, 0.25) is 5.91 Å². The fraction of sp³-hybridized carbons (Fsp3) is 0.471. The van der Waals surface area contributed by atoms with Crippen molar-refractivity contribution in [3.63, 3.8) is 0 Å². The fourth-order valence-corrected chi connectivity index (χ4v) is 2.13. The second-order valence-corrected chi connectivity index (χ2v) is 5.49. The maximum absolute atomic E-state index is 11.9. The average molecular weight is 291 g/mol. The number of methoxy groups -OCH3 is 1. The highest BCUT2D eigenvalue weighted by Gasteiger charge is 2.07. The first-order valence-electron chi connectivity index (χ1n) is 7.21. The molecule has 116 valence electrons. The van der Waals surface area contributed by atoms with Crippen LogP contribution in [0.3, 0.4) is 0 Å². The van der Waals surface area contributed by atoms with E-state index in [4.69, 9.17) is 4.74 Å². The van der Waals surface area contributed by atoms with Gasteiger partial charge in [0.15, 0.2) is 0 Å². The molecule has 1 rings (SSSR count). The first-order valence-corrected chi connectivity index (χ1v) is 7.21. The minimum atomic E-state index is -0.339. The number of amides is 1. The Bertz CT molecular complexity index is 477. The largest absolute Gasteiger partial charge is 0.497 e. The second-order valence-electron chi connectivity index (χ2n) is 5.49. The number of allylic oxidation sites excluding steroid dienone is 1. The normalized spacial score (nSPS) is 14.4. The van der Waals surface area contributed by atoms with Crippen LogP contribution in [0.5, 0.6) is 5.75 Å². The molecular weight excluding hydrogens is 266 g/mol. The van der Waals surface area contributed by atoms with E-state index in [0.29, 0.717) is 13.0 Å². The van der Waals surface area contributed by atoms with Crippen LogP contribution < -0.4 is 10.1 Å². The third kappa shape index (κ3) is 6.45. The molecule has 4 heteroatoms. The standard InChI is InChI=1S/C17H25NO3/c1-12(9-14(3)19)11-18-17(20)10-13(2)15-5-7-16(21-4)8-6-15/h5-8,10,12,14,19H,9,11H2,1-4H3,(H,18,20). The van der Waals surface area contributed by atoms with Crippen molar-refractivity contribution >= 4 is 11.5 Å². The fourth-order valence-electron chi connectivity index (χ4n) is 2.13. The molecule has 0 aliphatic heterocycles. The highest BCUT2D eigenvalue weighted by molar-refractivity contribution is 5.94. The Kier molecular flexibility index (Phi) is 6.96. The van der Waals surface area contributed by atoms with Crippen LogP contribution in [0, 0.1) is 5.92 Å². The molecule has 0 fully saturated rings. The van der Waals surface area contributed by atoms with Crippen molar-refractivity contribution in [1.29, 1.82) is 0 Å². The number of hydrogen-bond donors (Lipinski definition) is 2. The molecule has 2 atom stereocenters. The van der Waals surface area contributed by atoms with Gasteiger partial charge in [-0.25, -0.2) is 0 Å². The number of aliphatic hydroxyl groups excluding tert-OH is 1. The zero-order valence-corrected chi connectivity index (χ0v) is 13.2. The van der Waals surface area contributed by atoms with Crippen LogP contribution in [0.4, 0.5) is 0 Å². The zero-order valence-electron chi connectivity index (χ0n) is 13.2. The predicted molar refractivity (Wildman–Crippen MR) is 85.1 cm³/mol. The summed E-state index contributed by atoms with van der Waals surface area (Å²) in [5, 5.41) is 12.1. The number of carbonyl (C=O) groups is 1. The molecule has 0 aliphatic rings. The summed E-state index contributed by atoms with van der Waals surface area (Å²) < 4.78 is 5.11. The lowest BCUT2D eigenvalue weighted by Gasteiger charge is -2.13. The average Bonchev–Trinajstić information content (AvgIpc) is 2.44. The molecular formula is C17H25NO3. The van der Waals surface area contributed by atoms with Crippen molar-refractivity contribution < 1.29 is 14.6 Å². The number of rotatable bonds is 7. The van der Waals surface area contributed by atoms with Crippen LogP contribution in [-0.2, 0) is 4.79 Å². The van der Waals surface area contributed by atoms with Crippen LogP contribution in [0.25, 0.3) is 5.57 Å². The van der Waals surface area contributed by atoms with Crippen LogP contribution in [0.1, 0.15) is 32.8 Å². The van der Waals surface area contributed by atoms with E-state index in [9.17, 15) is 9.90 Å². The Morgan fingerprint density at radius 3 is 2.48 bits per heavy atom. The number of hydrogen-bond acceptors (Lipinski definition) is 3. The summed E-state index contributed by atoms with van der Waals surface area (Å²) in [4.78, 5) is 11.9. The van der Waals surface area contributed by atoms with E-state index in [1.54, 1.807) is 20.1 Å². The summed E-state index contributed by atoms with van der Waals surface area (Å²) in [6, 6.07) is 7.59. The Hall–Kier alpha value is -1.81. The lowest BCUT2D eigenvalue weighted by molar-refractivity contribution is -0.116. The Morgan fingerprint density at radius 2 is 1.95 bits per heavy atom. The summed E-state index contributed by atoms with van der Waals surface area (Å²) in [6.45, 7) is 6.23. The molecule has 2 N–H and O–H groups in total. The minimum Gasteiger partial charge on any atom is -0.497 e. The van der Waals surface area contributed by atoms with E-state index in [0.717, 1.165) is 16.9 Å². The molecule has 0 aliphatic carbocycles. The van der Waals surface area contributed by atoms with Gasteiger partial charge in [-0.05, 0) is 49.5 Å². The molecule has 4 nitrogen and oxygen atoms in total. The first kappa shape index (κ1) is 17.2. The molecule has 1 amide bonds. The van der Waals surface area contributed by atoms with Gasteiger partial charge in [0.25, 0.3) is 0 Å². The Morgan fingerprint density at radius 1 is 1.33 bits per heavy atom. The zero-order chi connectivity index (χ0) is 15.8. The lowest BCUT2D eigenvalue weighted by atomic mass is 10.0. The van der Waals surface area contributed by atoms with E-state index in [1.165, 1.54) is 0 Å². The van der Waals surface area contributed by atoms with Gasteiger partial charge >= 0.3 is 0 Å². The predicted octanol–water partition coefficient (Wildman–Crippen LogP) is 2.62. The van der Waals surface area contributed by atoms with Crippen LogP contribution in [0.15, 0.2) is 30.3 Å². The maximum atomic E-state index is 11.9. The van der Waals surface area contributed by atoms with E-state index in [-0.39, 0.29) is 17.9 Å². The van der Waals surface area contributed by atoms with Crippen LogP contribution in [-0.4, -0.2) is 30.8 Å². The molecule has 0 heterocycles. The van der Waals surface area contributed by atoms with Gasteiger partial charge in [0, 0.05) is 12.6 Å². The van der Waals surface area contributed by atoms with E-state index >= 15 is 0 Å². The van der Waals surface area contributed by atoms with Crippen molar-refractivity contribution in [2.75, 3.05) is 13.7 Å². The third-order valence-corrected chi connectivity index (χ3v) is 3.26. The topological polar surface area (TPSA) is 58.6 Å². The summed E-state index contributed by atoms with van der Waals surface area (Å²) in [5.74, 6) is 0.937. The summed E-state index contributed by atoms with van der Waals surface area (Å²) in [7, 11) is 1.62. The van der Waals surface area contributed by atoms with Crippen molar-refractivity contribution in [3.8, 4) is 5.75 Å². The number of aliphatic hydroxyl groups is 1. The number of carbonyl (C=O) groups excluding carboxylic acids is 1. The quantitative estimate of drug-likeness (QED) is 0.759. The van der Waals surface area contributed by atoms with Gasteiger partial charge in [-0.1, -0.05) is 19.1 Å². The molecule has 1 aromatic rings. The smallest absolute Gasteiger partial charge is 0.244 e. The molecule has 0 bridgehead atoms. The van der Waals surface area contributed by atoms with E-state index in [1.807, 2.05) is 38.1 Å². The van der Waals surface area contributed by atoms with E-state index in [2.05, 4.69) is 5.32 Å². The molecule has 0 aromatic heterocycles. The molecule has 21 heavy (non-hydrogen) atoms. The van der Waals surface area contributed by atoms with Crippen molar-refractivity contribution in [3.05, 3.63) is 35.9 Å². The first-order chi connectivity index (χ1) is 9.92. The summed E-state index contributed by atoms with van der Waals surface area (Å²) in [6.07, 6.45) is 1.94. The van der Waals surface area contributed by atoms with Gasteiger partial charge in [-0.2, -0.15) is 0 Å². The number of benzene rings is 1. The lowest BCUT2D eigenvalue weighted by Crippen LogP contribution is -2.28. The molecule has 0 saturated carbocycles. The number of ether oxygens (including phenoxy) is 1. The minimum absolute atomic E-state index is 0.110. The Balaban J connectivity index is 2.54.